The second-order valence-electron chi connectivity index (χ2n) is 7.44. The molecule has 3 unspecified atom stereocenters. The Morgan fingerprint density at radius 1 is 1.19 bits per heavy atom. The molecule has 3 atom stereocenters. The summed E-state index contributed by atoms with van der Waals surface area (Å²) in [5.41, 5.74) is 9.16. The molecule has 0 amide bonds. The van der Waals surface area contributed by atoms with E-state index in [-0.39, 0.29) is 0 Å². The molecule has 1 heterocycles. The fraction of sp³-hybridized carbons (Fsp3) is 0.684. The van der Waals surface area contributed by atoms with E-state index in [4.69, 9.17) is 5.73 Å². The molecule has 1 aromatic rings. The fourth-order valence-electron chi connectivity index (χ4n) is 4.04. The predicted molar refractivity (Wildman–Crippen MR) is 89.3 cm³/mol. The lowest BCUT2D eigenvalue weighted by Crippen LogP contribution is -2.53. The van der Waals surface area contributed by atoms with Crippen molar-refractivity contribution in [3.05, 3.63) is 35.4 Å². The van der Waals surface area contributed by atoms with Crippen molar-refractivity contribution in [3.63, 3.8) is 0 Å². The van der Waals surface area contributed by atoms with Crippen LogP contribution in [0.2, 0.25) is 0 Å². The zero-order valence-corrected chi connectivity index (χ0v) is 13.6. The highest BCUT2D eigenvalue weighted by atomic mass is 15.2. The third-order valence-electron chi connectivity index (χ3n) is 5.65. The van der Waals surface area contributed by atoms with Crippen LogP contribution < -0.4 is 5.73 Å². The van der Waals surface area contributed by atoms with Crippen LogP contribution in [0.5, 0.6) is 0 Å². The molecular weight excluding hydrogens is 256 g/mol. The molecule has 0 aromatic heterocycles. The number of hydrogen-bond acceptors (Lipinski definition) is 2. The van der Waals surface area contributed by atoms with Crippen molar-refractivity contribution in [2.75, 3.05) is 13.1 Å². The van der Waals surface area contributed by atoms with Gasteiger partial charge in [-0.1, -0.05) is 36.2 Å². The van der Waals surface area contributed by atoms with E-state index in [0.717, 1.165) is 24.4 Å². The smallest absolute Gasteiger partial charge is 0.0171 e. The van der Waals surface area contributed by atoms with Crippen molar-refractivity contribution in [3.8, 4) is 0 Å². The maximum atomic E-state index is 6.35. The summed E-state index contributed by atoms with van der Waals surface area (Å²) in [6.07, 6.45) is 6.65. The third kappa shape index (κ3) is 3.67. The van der Waals surface area contributed by atoms with Crippen molar-refractivity contribution < 1.29 is 0 Å². The lowest BCUT2D eigenvalue weighted by molar-refractivity contribution is 0.0587. The Kier molecular flexibility index (Phi) is 4.66. The van der Waals surface area contributed by atoms with Crippen molar-refractivity contribution in [2.24, 2.45) is 17.6 Å². The van der Waals surface area contributed by atoms with Gasteiger partial charge in [0.2, 0.25) is 0 Å². The number of aryl methyl sites for hydroxylation is 1. The summed E-state index contributed by atoms with van der Waals surface area (Å²) >= 11 is 0. The topological polar surface area (TPSA) is 29.3 Å². The van der Waals surface area contributed by atoms with Crippen LogP contribution in [0.4, 0.5) is 0 Å². The van der Waals surface area contributed by atoms with Gasteiger partial charge in [0, 0.05) is 25.2 Å². The van der Waals surface area contributed by atoms with Crippen molar-refractivity contribution in [1.29, 1.82) is 0 Å². The quantitative estimate of drug-likeness (QED) is 0.919. The van der Waals surface area contributed by atoms with Crippen molar-refractivity contribution >= 4 is 0 Å². The summed E-state index contributed by atoms with van der Waals surface area (Å²) in [6, 6.07) is 10.1. The first-order chi connectivity index (χ1) is 10.1. The van der Waals surface area contributed by atoms with Gasteiger partial charge in [0.15, 0.2) is 0 Å². The normalized spacial score (nSPS) is 29.1. The van der Waals surface area contributed by atoms with Crippen LogP contribution in [0.15, 0.2) is 24.3 Å². The van der Waals surface area contributed by atoms with E-state index >= 15 is 0 Å². The highest BCUT2D eigenvalue weighted by Gasteiger charge is 2.33. The largest absolute Gasteiger partial charge is 0.327 e. The molecule has 1 saturated carbocycles. The third-order valence-corrected chi connectivity index (χ3v) is 5.65. The second-order valence-corrected chi connectivity index (χ2v) is 7.44. The van der Waals surface area contributed by atoms with Gasteiger partial charge in [-0.05, 0) is 56.9 Å². The monoisotopic (exact) mass is 286 g/mol. The standard InChI is InChI=1S/C19H30N2/c1-14-6-8-16(9-7-14)10-17-11-19(20)13-21(12-17)15(2)18-4-3-5-18/h6-9,15,17-19H,3-5,10-13,20H2,1-2H3. The minimum absolute atomic E-state index is 0.358. The SMILES string of the molecule is Cc1ccc(CC2CC(N)CN(C(C)C3CCC3)C2)cc1. The van der Waals surface area contributed by atoms with Crippen LogP contribution in [0.1, 0.15) is 43.7 Å². The van der Waals surface area contributed by atoms with Gasteiger partial charge in [0.25, 0.3) is 0 Å². The molecule has 2 N–H and O–H groups in total. The van der Waals surface area contributed by atoms with Crippen LogP contribution in [0.25, 0.3) is 0 Å². The first-order valence-electron chi connectivity index (χ1n) is 8.67. The summed E-state index contributed by atoms with van der Waals surface area (Å²) < 4.78 is 0. The van der Waals surface area contributed by atoms with E-state index in [1.54, 1.807) is 0 Å². The van der Waals surface area contributed by atoms with Gasteiger partial charge in [-0.15, -0.1) is 0 Å². The number of likely N-dealkylation sites (tertiary alicyclic amines) is 1. The molecule has 0 spiro atoms. The molecule has 0 bridgehead atoms. The van der Waals surface area contributed by atoms with Crippen LogP contribution >= 0.6 is 0 Å². The van der Waals surface area contributed by atoms with Gasteiger partial charge in [0.05, 0.1) is 0 Å². The first kappa shape index (κ1) is 15.1. The van der Waals surface area contributed by atoms with Crippen molar-refractivity contribution in [1.82, 2.24) is 4.90 Å². The summed E-state index contributed by atoms with van der Waals surface area (Å²) in [7, 11) is 0. The molecular formula is C19H30N2. The van der Waals surface area contributed by atoms with E-state index in [1.807, 2.05) is 0 Å². The Morgan fingerprint density at radius 2 is 1.90 bits per heavy atom. The Labute approximate surface area is 129 Å². The minimum atomic E-state index is 0.358. The van der Waals surface area contributed by atoms with E-state index in [9.17, 15) is 0 Å². The van der Waals surface area contributed by atoms with Crippen LogP contribution in [0, 0.1) is 18.8 Å². The van der Waals surface area contributed by atoms with E-state index in [2.05, 4.69) is 43.0 Å². The Bertz CT molecular complexity index is 449. The highest BCUT2D eigenvalue weighted by molar-refractivity contribution is 5.21. The van der Waals surface area contributed by atoms with Crippen molar-refractivity contribution in [2.45, 2.75) is 58.0 Å². The molecule has 116 valence electrons. The number of benzene rings is 1. The van der Waals surface area contributed by atoms with Gasteiger partial charge in [-0.25, -0.2) is 0 Å². The maximum Gasteiger partial charge on any atom is 0.0171 e. The molecule has 2 fully saturated rings. The number of rotatable bonds is 4. The van der Waals surface area contributed by atoms with E-state index < -0.39 is 0 Å². The molecule has 2 heteroatoms. The highest BCUT2D eigenvalue weighted by Crippen LogP contribution is 2.34. The second kappa shape index (κ2) is 6.50. The Hall–Kier alpha value is -0.860. The van der Waals surface area contributed by atoms with Gasteiger partial charge < -0.3 is 5.73 Å². The zero-order chi connectivity index (χ0) is 14.8. The molecule has 1 aromatic carbocycles. The van der Waals surface area contributed by atoms with Gasteiger partial charge >= 0.3 is 0 Å². The Balaban J connectivity index is 1.61. The number of nitrogens with two attached hydrogens (primary N) is 1. The summed E-state index contributed by atoms with van der Waals surface area (Å²) in [5.74, 6) is 1.65. The van der Waals surface area contributed by atoms with Crippen LogP contribution in [-0.4, -0.2) is 30.1 Å². The molecule has 2 aliphatic rings. The summed E-state index contributed by atoms with van der Waals surface area (Å²) in [5, 5.41) is 0. The maximum absolute atomic E-state index is 6.35. The fourth-order valence-corrected chi connectivity index (χ4v) is 4.04. The van der Waals surface area contributed by atoms with Gasteiger partial charge in [-0.3, -0.25) is 4.90 Å². The molecule has 1 aliphatic heterocycles. The number of piperidine rings is 1. The average Bonchev–Trinajstić information content (AvgIpc) is 2.39. The molecule has 0 radical (unpaired) electrons. The molecule has 1 aliphatic carbocycles. The molecule has 2 nitrogen and oxygen atoms in total. The number of hydrogen-bond donors (Lipinski definition) is 1. The first-order valence-corrected chi connectivity index (χ1v) is 8.67. The van der Waals surface area contributed by atoms with E-state index in [0.29, 0.717) is 6.04 Å². The predicted octanol–water partition coefficient (Wildman–Crippen LogP) is 3.38. The van der Waals surface area contributed by atoms with E-state index in [1.165, 1.54) is 49.8 Å². The summed E-state index contributed by atoms with van der Waals surface area (Å²) in [6.45, 7) is 6.91. The lowest BCUT2D eigenvalue weighted by atomic mass is 9.78. The molecule has 21 heavy (non-hydrogen) atoms. The molecule has 1 saturated heterocycles. The average molecular weight is 286 g/mol. The lowest BCUT2D eigenvalue weighted by Gasteiger charge is -2.45. The van der Waals surface area contributed by atoms with Gasteiger partial charge in [0.1, 0.15) is 0 Å². The van der Waals surface area contributed by atoms with Crippen LogP contribution in [-0.2, 0) is 6.42 Å². The van der Waals surface area contributed by atoms with Gasteiger partial charge in [-0.2, -0.15) is 0 Å². The Morgan fingerprint density at radius 3 is 2.52 bits per heavy atom. The summed E-state index contributed by atoms with van der Waals surface area (Å²) in [4.78, 5) is 2.68. The minimum Gasteiger partial charge on any atom is -0.327 e. The number of nitrogens with zero attached hydrogens (tertiary/aromatic N) is 1. The zero-order valence-electron chi connectivity index (χ0n) is 13.6. The van der Waals surface area contributed by atoms with Crippen LogP contribution in [0.3, 0.4) is 0 Å². The molecule has 3 rings (SSSR count).